The molecule has 1 aromatic rings. The summed E-state index contributed by atoms with van der Waals surface area (Å²) in [7, 11) is -3.76. The predicted octanol–water partition coefficient (Wildman–Crippen LogP) is 2.40. The summed E-state index contributed by atoms with van der Waals surface area (Å²) in [5.74, 6) is -0.305. The van der Waals surface area contributed by atoms with Crippen molar-refractivity contribution < 1.29 is 12.8 Å². The lowest BCUT2D eigenvalue weighted by Crippen LogP contribution is -2.29. The summed E-state index contributed by atoms with van der Waals surface area (Å²) in [6.07, 6.45) is 4.40. The second-order valence-corrected chi connectivity index (χ2v) is 7.28. The van der Waals surface area contributed by atoms with Crippen LogP contribution in [0, 0.1) is 11.7 Å². The van der Waals surface area contributed by atoms with Crippen molar-refractivity contribution in [3.63, 3.8) is 0 Å². The van der Waals surface area contributed by atoms with Crippen LogP contribution in [0.1, 0.15) is 38.2 Å². The highest BCUT2D eigenvalue weighted by Crippen LogP contribution is 2.24. The molecule has 4 nitrogen and oxygen atoms in total. The average molecular weight is 314 g/mol. The first kappa shape index (κ1) is 16.4. The molecule has 0 spiro atoms. The number of sulfonamides is 1. The minimum Gasteiger partial charge on any atom is -0.313 e. The lowest BCUT2D eigenvalue weighted by Gasteiger charge is -2.12. The fraction of sp³-hybridized carbons (Fsp3) is 0.600. The molecule has 0 aromatic heterocycles. The third-order valence-electron chi connectivity index (χ3n) is 3.90. The molecule has 0 atom stereocenters. The summed E-state index contributed by atoms with van der Waals surface area (Å²) >= 11 is 0. The van der Waals surface area contributed by atoms with Crippen LogP contribution in [0.15, 0.2) is 23.1 Å². The summed E-state index contributed by atoms with van der Waals surface area (Å²) in [6, 6.07) is 4.28. The van der Waals surface area contributed by atoms with Gasteiger partial charge in [-0.25, -0.2) is 17.5 Å². The highest BCUT2D eigenvalue weighted by Gasteiger charge is 2.22. The summed E-state index contributed by atoms with van der Waals surface area (Å²) in [5.41, 5.74) is 0.740. The van der Waals surface area contributed by atoms with E-state index in [1.165, 1.54) is 12.1 Å². The monoisotopic (exact) mass is 314 g/mol. The fourth-order valence-electron chi connectivity index (χ4n) is 2.66. The first-order valence-corrected chi connectivity index (χ1v) is 9.00. The molecule has 1 aliphatic rings. The SMILES string of the molecule is CCNCc1ccc(S(=O)(=O)NCC2CCCC2)c(F)c1. The Hall–Kier alpha value is -0.980. The number of benzene rings is 1. The smallest absolute Gasteiger partial charge is 0.243 e. The minimum atomic E-state index is -3.76. The maximum atomic E-state index is 14.0. The van der Waals surface area contributed by atoms with E-state index in [4.69, 9.17) is 0 Å². The van der Waals surface area contributed by atoms with Gasteiger partial charge in [-0.3, -0.25) is 0 Å². The molecular formula is C15H23FN2O2S. The van der Waals surface area contributed by atoms with Gasteiger partial charge in [0.15, 0.2) is 0 Å². The Kier molecular flexibility index (Phi) is 5.72. The van der Waals surface area contributed by atoms with E-state index in [9.17, 15) is 12.8 Å². The maximum absolute atomic E-state index is 14.0. The molecule has 118 valence electrons. The zero-order valence-corrected chi connectivity index (χ0v) is 13.2. The molecule has 1 aliphatic carbocycles. The van der Waals surface area contributed by atoms with Gasteiger partial charge in [0.1, 0.15) is 10.7 Å². The van der Waals surface area contributed by atoms with Crippen LogP contribution >= 0.6 is 0 Å². The van der Waals surface area contributed by atoms with Gasteiger partial charge in [-0.15, -0.1) is 0 Å². The molecule has 1 fully saturated rings. The van der Waals surface area contributed by atoms with E-state index in [0.29, 0.717) is 19.0 Å². The number of hydrogen-bond donors (Lipinski definition) is 2. The summed E-state index contributed by atoms with van der Waals surface area (Å²) in [5, 5.41) is 3.08. The summed E-state index contributed by atoms with van der Waals surface area (Å²) < 4.78 is 40.9. The molecule has 0 aliphatic heterocycles. The molecule has 2 rings (SSSR count). The first-order valence-electron chi connectivity index (χ1n) is 7.51. The van der Waals surface area contributed by atoms with Gasteiger partial charge in [0.2, 0.25) is 10.0 Å². The van der Waals surface area contributed by atoms with E-state index in [1.54, 1.807) is 6.07 Å². The van der Waals surface area contributed by atoms with Crippen molar-refractivity contribution >= 4 is 10.0 Å². The Morgan fingerprint density at radius 2 is 2.00 bits per heavy atom. The molecule has 0 saturated heterocycles. The quantitative estimate of drug-likeness (QED) is 0.812. The molecule has 1 aromatic carbocycles. The third-order valence-corrected chi connectivity index (χ3v) is 5.36. The van der Waals surface area contributed by atoms with Crippen molar-refractivity contribution in [3.05, 3.63) is 29.6 Å². The van der Waals surface area contributed by atoms with Gasteiger partial charge in [-0.05, 0) is 43.0 Å². The van der Waals surface area contributed by atoms with Gasteiger partial charge in [-0.2, -0.15) is 0 Å². The predicted molar refractivity (Wildman–Crippen MR) is 80.9 cm³/mol. The van der Waals surface area contributed by atoms with Crippen LogP contribution in [-0.4, -0.2) is 21.5 Å². The topological polar surface area (TPSA) is 58.2 Å². The zero-order chi connectivity index (χ0) is 15.3. The van der Waals surface area contributed by atoms with Gasteiger partial charge in [0.25, 0.3) is 0 Å². The molecule has 0 heterocycles. The second kappa shape index (κ2) is 7.33. The van der Waals surface area contributed by atoms with Crippen LogP contribution in [0.25, 0.3) is 0 Å². The van der Waals surface area contributed by atoms with Crippen LogP contribution in [0.4, 0.5) is 4.39 Å². The van der Waals surface area contributed by atoms with Crippen molar-refractivity contribution in [2.24, 2.45) is 5.92 Å². The van der Waals surface area contributed by atoms with Crippen LogP contribution in [0.2, 0.25) is 0 Å². The molecule has 0 amide bonds. The van der Waals surface area contributed by atoms with Gasteiger partial charge in [-0.1, -0.05) is 25.8 Å². The maximum Gasteiger partial charge on any atom is 0.243 e. The van der Waals surface area contributed by atoms with E-state index < -0.39 is 15.8 Å². The number of nitrogens with one attached hydrogen (secondary N) is 2. The largest absolute Gasteiger partial charge is 0.313 e. The summed E-state index contributed by atoms with van der Waals surface area (Å²) in [4.78, 5) is -0.263. The number of halogens is 1. The lowest BCUT2D eigenvalue weighted by atomic mass is 10.1. The Balaban J connectivity index is 2.04. The van der Waals surface area contributed by atoms with E-state index in [0.717, 1.165) is 37.8 Å². The van der Waals surface area contributed by atoms with Gasteiger partial charge in [0.05, 0.1) is 0 Å². The standard InChI is InChI=1S/C15H23FN2O2S/c1-2-17-10-13-7-8-15(14(16)9-13)21(19,20)18-11-12-5-3-4-6-12/h7-9,12,17-18H,2-6,10-11H2,1H3. The van der Waals surface area contributed by atoms with E-state index in [-0.39, 0.29) is 4.90 Å². The molecular weight excluding hydrogens is 291 g/mol. The average Bonchev–Trinajstić information content (AvgIpc) is 2.96. The van der Waals surface area contributed by atoms with Crippen LogP contribution in [-0.2, 0) is 16.6 Å². The van der Waals surface area contributed by atoms with Crippen molar-refractivity contribution in [2.45, 2.75) is 44.0 Å². The zero-order valence-electron chi connectivity index (χ0n) is 12.4. The van der Waals surface area contributed by atoms with E-state index >= 15 is 0 Å². The third kappa shape index (κ3) is 4.49. The Morgan fingerprint density at radius 1 is 1.29 bits per heavy atom. The fourth-order valence-corrected chi connectivity index (χ4v) is 3.83. The number of hydrogen-bond acceptors (Lipinski definition) is 3. The lowest BCUT2D eigenvalue weighted by molar-refractivity contribution is 0.513. The summed E-state index contributed by atoms with van der Waals surface area (Å²) in [6.45, 7) is 3.68. The Morgan fingerprint density at radius 3 is 2.62 bits per heavy atom. The van der Waals surface area contributed by atoms with Crippen molar-refractivity contribution in [3.8, 4) is 0 Å². The second-order valence-electron chi connectivity index (χ2n) is 5.55. The van der Waals surface area contributed by atoms with Crippen LogP contribution in [0.3, 0.4) is 0 Å². The van der Waals surface area contributed by atoms with Gasteiger partial charge >= 0.3 is 0 Å². The van der Waals surface area contributed by atoms with Crippen LogP contribution < -0.4 is 10.0 Å². The normalized spacial score (nSPS) is 16.5. The molecule has 6 heteroatoms. The Labute approximate surface area is 126 Å². The minimum absolute atomic E-state index is 0.263. The van der Waals surface area contributed by atoms with Crippen molar-refractivity contribution in [1.29, 1.82) is 0 Å². The molecule has 0 bridgehead atoms. The highest BCUT2D eigenvalue weighted by atomic mass is 32.2. The van der Waals surface area contributed by atoms with Gasteiger partial charge < -0.3 is 5.32 Å². The first-order chi connectivity index (χ1) is 10.0. The van der Waals surface area contributed by atoms with Gasteiger partial charge in [0, 0.05) is 13.1 Å². The molecule has 21 heavy (non-hydrogen) atoms. The Bertz CT molecular complexity index is 569. The highest BCUT2D eigenvalue weighted by molar-refractivity contribution is 7.89. The molecule has 2 N–H and O–H groups in total. The van der Waals surface area contributed by atoms with Crippen molar-refractivity contribution in [1.82, 2.24) is 10.0 Å². The van der Waals surface area contributed by atoms with E-state index in [1.807, 2.05) is 6.92 Å². The molecule has 0 radical (unpaired) electrons. The molecule has 1 saturated carbocycles. The number of rotatable bonds is 7. The van der Waals surface area contributed by atoms with E-state index in [2.05, 4.69) is 10.0 Å². The molecule has 0 unspecified atom stereocenters. The van der Waals surface area contributed by atoms with Crippen LogP contribution in [0.5, 0.6) is 0 Å². The van der Waals surface area contributed by atoms with Crippen molar-refractivity contribution in [2.75, 3.05) is 13.1 Å².